The second-order valence-electron chi connectivity index (χ2n) is 6.13. The predicted molar refractivity (Wildman–Crippen MR) is 110 cm³/mol. The molecule has 0 saturated carbocycles. The van der Waals surface area contributed by atoms with E-state index < -0.39 is 18.5 Å². The number of amides is 1. The van der Waals surface area contributed by atoms with Gasteiger partial charge in [0.05, 0.1) is 5.02 Å². The Morgan fingerprint density at radius 1 is 0.931 bits per heavy atom. The van der Waals surface area contributed by atoms with Gasteiger partial charge in [0.25, 0.3) is 5.91 Å². The number of pyridine rings is 1. The number of anilines is 1. The number of benzene rings is 2. The third kappa shape index (κ3) is 6.62. The van der Waals surface area contributed by atoms with Crippen LogP contribution in [-0.4, -0.2) is 30.1 Å². The van der Waals surface area contributed by atoms with E-state index in [0.29, 0.717) is 23.0 Å². The van der Waals surface area contributed by atoms with Crippen LogP contribution in [0.1, 0.15) is 11.1 Å². The molecule has 1 heterocycles. The summed E-state index contributed by atoms with van der Waals surface area (Å²) in [4.78, 5) is 27.7. The number of hydrogen-bond acceptors (Lipinski definition) is 5. The summed E-state index contributed by atoms with van der Waals surface area (Å²) in [6.07, 6.45) is 2.09. The Morgan fingerprint density at radius 3 is 2.45 bits per heavy atom. The fourth-order valence-electron chi connectivity index (χ4n) is 2.56. The molecule has 7 heteroatoms. The van der Waals surface area contributed by atoms with Crippen LogP contribution in [0.3, 0.4) is 0 Å². The van der Waals surface area contributed by atoms with E-state index in [0.717, 1.165) is 11.1 Å². The van der Waals surface area contributed by atoms with Crippen molar-refractivity contribution in [2.24, 2.45) is 0 Å². The van der Waals surface area contributed by atoms with Gasteiger partial charge in [0.2, 0.25) is 0 Å². The minimum atomic E-state index is -0.640. The highest BCUT2D eigenvalue weighted by atomic mass is 35.5. The van der Waals surface area contributed by atoms with Crippen LogP contribution >= 0.6 is 11.6 Å². The molecule has 148 valence electrons. The maximum atomic E-state index is 11.9. The van der Waals surface area contributed by atoms with Crippen LogP contribution in [-0.2, 0) is 20.7 Å². The highest BCUT2D eigenvalue weighted by Crippen LogP contribution is 2.21. The molecule has 0 unspecified atom stereocenters. The van der Waals surface area contributed by atoms with E-state index in [9.17, 15) is 9.59 Å². The maximum Gasteiger partial charge on any atom is 0.344 e. The summed E-state index contributed by atoms with van der Waals surface area (Å²) in [6.45, 7) is -0.726. The fraction of sp³-hybridized carbons (Fsp3) is 0.136. The number of carbonyl (C=O) groups excluding carboxylic acids is 2. The Hall–Kier alpha value is -3.38. The topological polar surface area (TPSA) is 77.5 Å². The average molecular weight is 411 g/mol. The molecule has 3 rings (SSSR count). The highest BCUT2D eigenvalue weighted by Gasteiger charge is 2.11. The number of para-hydroxylation sites is 1. The summed E-state index contributed by atoms with van der Waals surface area (Å²) in [6, 6.07) is 20.6. The first-order valence-electron chi connectivity index (χ1n) is 8.92. The third-order valence-electron chi connectivity index (χ3n) is 3.91. The zero-order valence-corrected chi connectivity index (χ0v) is 16.3. The van der Waals surface area contributed by atoms with E-state index in [-0.39, 0.29) is 6.61 Å². The van der Waals surface area contributed by atoms with E-state index in [1.807, 2.05) is 48.5 Å². The standard InChI is InChI=1S/C22H19ClN2O4/c23-18-10-11-20(24-13-18)25-21(26)14-29-22(27)15-28-19-9-5-4-8-17(19)12-16-6-2-1-3-7-16/h1-11,13H,12,14-15H2,(H,24,25,26). The minimum Gasteiger partial charge on any atom is -0.482 e. The molecule has 0 fully saturated rings. The molecule has 3 aromatic rings. The van der Waals surface area contributed by atoms with Crippen LogP contribution in [0, 0.1) is 0 Å². The first-order valence-corrected chi connectivity index (χ1v) is 9.29. The quantitative estimate of drug-likeness (QED) is 0.570. The zero-order chi connectivity index (χ0) is 20.5. The number of carbonyl (C=O) groups is 2. The van der Waals surface area contributed by atoms with Crippen molar-refractivity contribution in [1.29, 1.82) is 0 Å². The Bertz CT molecular complexity index is 962. The molecule has 0 radical (unpaired) electrons. The van der Waals surface area contributed by atoms with Crippen molar-refractivity contribution in [3.8, 4) is 5.75 Å². The smallest absolute Gasteiger partial charge is 0.344 e. The monoisotopic (exact) mass is 410 g/mol. The van der Waals surface area contributed by atoms with Gasteiger partial charge in [0, 0.05) is 12.6 Å². The first-order chi connectivity index (χ1) is 14.1. The summed E-state index contributed by atoms with van der Waals surface area (Å²) < 4.78 is 10.6. The largest absolute Gasteiger partial charge is 0.482 e. The summed E-state index contributed by atoms with van der Waals surface area (Å²) in [5.74, 6) is -0.221. The molecule has 0 aliphatic rings. The van der Waals surface area contributed by atoms with Gasteiger partial charge in [-0.05, 0) is 29.3 Å². The molecule has 0 atom stereocenters. The van der Waals surface area contributed by atoms with Gasteiger partial charge in [-0.2, -0.15) is 0 Å². The summed E-state index contributed by atoms with van der Waals surface area (Å²) in [5, 5.41) is 2.97. The van der Waals surface area contributed by atoms with Gasteiger partial charge in [-0.3, -0.25) is 4.79 Å². The van der Waals surface area contributed by atoms with Gasteiger partial charge < -0.3 is 14.8 Å². The number of rotatable bonds is 8. The van der Waals surface area contributed by atoms with Gasteiger partial charge >= 0.3 is 5.97 Å². The van der Waals surface area contributed by atoms with Crippen LogP contribution in [0.15, 0.2) is 72.9 Å². The Kier molecular flexibility index (Phi) is 7.19. The van der Waals surface area contributed by atoms with Crippen LogP contribution < -0.4 is 10.1 Å². The summed E-state index contributed by atoms with van der Waals surface area (Å²) in [5.41, 5.74) is 2.09. The molecule has 0 bridgehead atoms. The van der Waals surface area contributed by atoms with Crippen LogP contribution in [0.25, 0.3) is 0 Å². The number of esters is 1. The van der Waals surface area contributed by atoms with Crippen molar-refractivity contribution in [3.05, 3.63) is 89.1 Å². The molecule has 0 aliphatic heterocycles. The van der Waals surface area contributed by atoms with E-state index in [1.165, 1.54) is 6.20 Å². The number of aromatic nitrogens is 1. The van der Waals surface area contributed by atoms with Crippen molar-refractivity contribution < 1.29 is 19.1 Å². The van der Waals surface area contributed by atoms with E-state index in [1.54, 1.807) is 18.2 Å². The lowest BCUT2D eigenvalue weighted by atomic mass is 10.0. The van der Waals surface area contributed by atoms with Crippen LogP contribution in [0.2, 0.25) is 5.02 Å². The molecule has 6 nitrogen and oxygen atoms in total. The van der Waals surface area contributed by atoms with Crippen molar-refractivity contribution >= 4 is 29.3 Å². The van der Waals surface area contributed by atoms with Crippen molar-refractivity contribution in [1.82, 2.24) is 4.98 Å². The fourth-order valence-corrected chi connectivity index (χ4v) is 2.67. The number of nitrogens with one attached hydrogen (secondary N) is 1. The van der Waals surface area contributed by atoms with Gasteiger partial charge in [0.15, 0.2) is 13.2 Å². The Labute approximate surface area is 173 Å². The zero-order valence-electron chi connectivity index (χ0n) is 15.5. The minimum absolute atomic E-state index is 0.293. The number of hydrogen-bond donors (Lipinski definition) is 1. The SMILES string of the molecule is O=C(COC(=O)COc1ccccc1Cc1ccccc1)Nc1ccc(Cl)cn1. The van der Waals surface area contributed by atoms with Crippen molar-refractivity contribution in [2.45, 2.75) is 6.42 Å². The van der Waals surface area contributed by atoms with Gasteiger partial charge in [-0.25, -0.2) is 9.78 Å². The maximum absolute atomic E-state index is 11.9. The highest BCUT2D eigenvalue weighted by molar-refractivity contribution is 6.30. The first kappa shape index (κ1) is 20.4. The molecular formula is C22H19ClN2O4. The molecule has 1 amide bonds. The Morgan fingerprint density at radius 2 is 1.69 bits per heavy atom. The van der Waals surface area contributed by atoms with E-state index in [4.69, 9.17) is 21.1 Å². The van der Waals surface area contributed by atoms with Gasteiger partial charge in [0.1, 0.15) is 11.6 Å². The molecule has 29 heavy (non-hydrogen) atoms. The van der Waals surface area contributed by atoms with Crippen LogP contribution in [0.4, 0.5) is 5.82 Å². The lowest BCUT2D eigenvalue weighted by Gasteiger charge is -2.11. The molecule has 0 saturated heterocycles. The molecule has 0 aliphatic carbocycles. The number of nitrogens with zero attached hydrogens (tertiary/aromatic N) is 1. The second kappa shape index (κ2) is 10.2. The third-order valence-corrected chi connectivity index (χ3v) is 4.14. The van der Waals surface area contributed by atoms with E-state index >= 15 is 0 Å². The molecule has 2 aromatic carbocycles. The summed E-state index contributed by atoms with van der Waals surface area (Å²) >= 11 is 5.73. The number of halogens is 1. The lowest BCUT2D eigenvalue weighted by molar-refractivity contribution is -0.149. The normalized spacial score (nSPS) is 10.2. The van der Waals surface area contributed by atoms with Gasteiger partial charge in [-0.1, -0.05) is 60.1 Å². The lowest BCUT2D eigenvalue weighted by Crippen LogP contribution is -2.24. The summed E-state index contributed by atoms with van der Waals surface area (Å²) in [7, 11) is 0. The Balaban J connectivity index is 1.47. The average Bonchev–Trinajstić information content (AvgIpc) is 2.74. The van der Waals surface area contributed by atoms with Crippen molar-refractivity contribution in [2.75, 3.05) is 18.5 Å². The predicted octanol–water partition coefficient (Wildman–Crippen LogP) is 3.89. The van der Waals surface area contributed by atoms with Gasteiger partial charge in [-0.15, -0.1) is 0 Å². The number of ether oxygens (including phenoxy) is 2. The molecule has 0 spiro atoms. The van der Waals surface area contributed by atoms with E-state index in [2.05, 4.69) is 10.3 Å². The van der Waals surface area contributed by atoms with Crippen molar-refractivity contribution in [3.63, 3.8) is 0 Å². The molecule has 1 aromatic heterocycles. The molecule has 1 N–H and O–H groups in total. The van der Waals surface area contributed by atoms with Crippen LogP contribution in [0.5, 0.6) is 5.75 Å². The second-order valence-corrected chi connectivity index (χ2v) is 6.57. The molecular weight excluding hydrogens is 392 g/mol.